The molecule has 0 saturated carbocycles. The molecule has 0 radical (unpaired) electrons. The summed E-state index contributed by atoms with van der Waals surface area (Å²) in [5.41, 5.74) is 4.45. The summed E-state index contributed by atoms with van der Waals surface area (Å²) in [5, 5.41) is 2.56. The van der Waals surface area contributed by atoms with Crippen molar-refractivity contribution in [1.82, 2.24) is 9.88 Å². The van der Waals surface area contributed by atoms with E-state index in [0.29, 0.717) is 10.6 Å². The molecule has 32 heavy (non-hydrogen) atoms. The molecule has 2 aromatic heterocycles. The van der Waals surface area contributed by atoms with Gasteiger partial charge in [-0.05, 0) is 46.8 Å². The van der Waals surface area contributed by atoms with E-state index in [2.05, 4.69) is 43.3 Å². The number of amides is 1. The van der Waals surface area contributed by atoms with E-state index in [0.717, 1.165) is 27.3 Å². The number of hydrogen-bond donors (Lipinski definition) is 0. The molecule has 1 aromatic carbocycles. The van der Waals surface area contributed by atoms with E-state index in [1.54, 1.807) is 28.4 Å². The van der Waals surface area contributed by atoms with Crippen LogP contribution in [-0.2, 0) is 15.3 Å². The van der Waals surface area contributed by atoms with E-state index in [4.69, 9.17) is 11.6 Å². The molecular formula is C24H25ClN2O3S2. The van der Waals surface area contributed by atoms with Crippen LogP contribution < -0.4 is 0 Å². The SMILES string of the molecule is CC(C)(C)c1cc(-c2cc(-c3ccc(C(=O)N4CCS(=O)(=O)CC4)cc3Cl)cs2)ccn1. The minimum Gasteiger partial charge on any atom is -0.337 e. The number of benzene rings is 1. The quantitative estimate of drug-likeness (QED) is 0.501. The topological polar surface area (TPSA) is 67.3 Å². The minimum absolute atomic E-state index is 0.00811. The van der Waals surface area contributed by atoms with Crippen molar-refractivity contribution in [2.24, 2.45) is 0 Å². The molecule has 1 fully saturated rings. The first-order valence-electron chi connectivity index (χ1n) is 10.4. The summed E-state index contributed by atoms with van der Waals surface area (Å²) in [6.07, 6.45) is 1.84. The molecule has 5 nitrogen and oxygen atoms in total. The van der Waals surface area contributed by atoms with Gasteiger partial charge in [-0.1, -0.05) is 38.4 Å². The lowest BCUT2D eigenvalue weighted by Gasteiger charge is -2.26. The Morgan fingerprint density at radius 2 is 1.78 bits per heavy atom. The Labute approximate surface area is 198 Å². The smallest absolute Gasteiger partial charge is 0.253 e. The maximum atomic E-state index is 12.8. The average Bonchev–Trinajstić information content (AvgIpc) is 3.22. The maximum absolute atomic E-state index is 12.8. The van der Waals surface area contributed by atoms with Gasteiger partial charge in [0, 0.05) is 51.4 Å². The van der Waals surface area contributed by atoms with Crippen LogP contribution in [0, 0.1) is 0 Å². The van der Waals surface area contributed by atoms with Gasteiger partial charge in [-0.15, -0.1) is 11.3 Å². The van der Waals surface area contributed by atoms with Crippen molar-refractivity contribution in [1.29, 1.82) is 0 Å². The van der Waals surface area contributed by atoms with E-state index in [9.17, 15) is 13.2 Å². The summed E-state index contributed by atoms with van der Waals surface area (Å²) >= 11 is 8.20. The highest BCUT2D eigenvalue weighted by molar-refractivity contribution is 7.91. The average molecular weight is 489 g/mol. The first-order chi connectivity index (χ1) is 15.0. The molecule has 0 aliphatic carbocycles. The summed E-state index contributed by atoms with van der Waals surface area (Å²) in [6, 6.07) is 11.5. The number of nitrogens with zero attached hydrogens (tertiary/aromatic N) is 2. The van der Waals surface area contributed by atoms with E-state index in [-0.39, 0.29) is 35.9 Å². The molecule has 3 aromatic rings. The lowest BCUT2D eigenvalue weighted by atomic mass is 9.90. The zero-order valence-corrected chi connectivity index (χ0v) is 20.6. The summed E-state index contributed by atoms with van der Waals surface area (Å²) in [7, 11) is -3.04. The number of pyridine rings is 1. The van der Waals surface area contributed by atoms with Crippen molar-refractivity contribution in [2.75, 3.05) is 24.6 Å². The van der Waals surface area contributed by atoms with Crippen LogP contribution in [0.5, 0.6) is 0 Å². The van der Waals surface area contributed by atoms with Gasteiger partial charge < -0.3 is 4.90 Å². The summed E-state index contributed by atoms with van der Waals surface area (Å²) in [4.78, 5) is 20.0. The molecule has 168 valence electrons. The van der Waals surface area contributed by atoms with E-state index in [1.165, 1.54) is 0 Å². The van der Waals surface area contributed by atoms with Crippen LogP contribution in [-0.4, -0.2) is 48.8 Å². The molecule has 0 atom stereocenters. The Morgan fingerprint density at radius 1 is 1.06 bits per heavy atom. The van der Waals surface area contributed by atoms with Crippen LogP contribution >= 0.6 is 22.9 Å². The molecule has 1 aliphatic rings. The largest absolute Gasteiger partial charge is 0.337 e. The van der Waals surface area contributed by atoms with Crippen LogP contribution in [0.1, 0.15) is 36.8 Å². The Hall–Kier alpha value is -2.22. The number of hydrogen-bond acceptors (Lipinski definition) is 5. The molecule has 1 amide bonds. The van der Waals surface area contributed by atoms with Gasteiger partial charge in [-0.3, -0.25) is 9.78 Å². The molecule has 0 N–H and O–H groups in total. The monoisotopic (exact) mass is 488 g/mol. The highest BCUT2D eigenvalue weighted by Crippen LogP contribution is 2.37. The molecule has 3 heterocycles. The number of thiophene rings is 1. The van der Waals surface area contributed by atoms with Gasteiger partial charge in [0.15, 0.2) is 9.84 Å². The van der Waals surface area contributed by atoms with Crippen molar-refractivity contribution in [3.8, 4) is 21.6 Å². The van der Waals surface area contributed by atoms with E-state index >= 15 is 0 Å². The van der Waals surface area contributed by atoms with Gasteiger partial charge in [0.1, 0.15) is 0 Å². The fraction of sp³-hybridized carbons (Fsp3) is 0.333. The van der Waals surface area contributed by atoms with Crippen molar-refractivity contribution in [3.05, 3.63) is 64.3 Å². The second-order valence-corrected chi connectivity index (χ2v) is 12.6. The van der Waals surface area contributed by atoms with Gasteiger partial charge >= 0.3 is 0 Å². The molecule has 1 aliphatic heterocycles. The Kier molecular flexibility index (Phi) is 6.18. The lowest BCUT2D eigenvalue weighted by Crippen LogP contribution is -2.43. The predicted octanol–water partition coefficient (Wildman–Crippen LogP) is 5.30. The molecule has 0 bridgehead atoms. The van der Waals surface area contributed by atoms with Crippen LogP contribution in [0.25, 0.3) is 21.6 Å². The minimum atomic E-state index is -3.04. The Balaban J connectivity index is 1.56. The van der Waals surface area contributed by atoms with E-state index in [1.807, 2.05) is 18.3 Å². The lowest BCUT2D eigenvalue weighted by molar-refractivity contribution is 0.0770. The first-order valence-corrected chi connectivity index (χ1v) is 13.5. The molecule has 0 unspecified atom stereocenters. The summed E-state index contributed by atoms with van der Waals surface area (Å²) in [5.74, 6) is -0.173. The molecule has 1 saturated heterocycles. The molecule has 4 rings (SSSR count). The predicted molar refractivity (Wildman–Crippen MR) is 131 cm³/mol. The number of sulfone groups is 1. The third-order valence-corrected chi connectivity index (χ3v) is 8.47. The van der Waals surface area contributed by atoms with Crippen LogP contribution in [0.3, 0.4) is 0 Å². The van der Waals surface area contributed by atoms with Crippen molar-refractivity contribution >= 4 is 38.7 Å². The number of carbonyl (C=O) groups is 1. The van der Waals surface area contributed by atoms with Crippen molar-refractivity contribution in [3.63, 3.8) is 0 Å². The third-order valence-electron chi connectivity index (χ3n) is 5.57. The number of aromatic nitrogens is 1. The number of carbonyl (C=O) groups excluding carboxylic acids is 1. The second kappa shape index (κ2) is 8.61. The van der Waals surface area contributed by atoms with Crippen molar-refractivity contribution < 1.29 is 13.2 Å². The highest BCUT2D eigenvalue weighted by Gasteiger charge is 2.26. The van der Waals surface area contributed by atoms with Crippen LogP contribution in [0.2, 0.25) is 5.02 Å². The number of rotatable bonds is 3. The zero-order valence-electron chi connectivity index (χ0n) is 18.3. The standard InChI is InChI=1S/C24H25ClN2O3S2/c1-24(2,3)22-14-16(6-7-26-22)21-13-18(15-31-21)19-5-4-17(12-20(19)25)23(28)27-8-10-32(29,30)11-9-27/h4-7,12-15H,8-11H2,1-3H3. The van der Waals surface area contributed by atoms with Crippen LogP contribution in [0.15, 0.2) is 48.0 Å². The van der Waals surface area contributed by atoms with Gasteiger partial charge in [-0.25, -0.2) is 8.42 Å². The third kappa shape index (κ3) is 4.90. The number of halogens is 1. The molecule has 0 spiro atoms. The van der Waals surface area contributed by atoms with Crippen LogP contribution in [0.4, 0.5) is 0 Å². The second-order valence-electron chi connectivity index (χ2n) is 9.02. The van der Waals surface area contributed by atoms with E-state index < -0.39 is 9.84 Å². The fourth-order valence-electron chi connectivity index (χ4n) is 3.60. The molecular weight excluding hydrogens is 464 g/mol. The van der Waals surface area contributed by atoms with Gasteiger partial charge in [0.05, 0.1) is 11.5 Å². The maximum Gasteiger partial charge on any atom is 0.253 e. The first kappa shape index (κ1) is 23.0. The van der Waals surface area contributed by atoms with Gasteiger partial charge in [-0.2, -0.15) is 0 Å². The Bertz CT molecular complexity index is 1260. The Morgan fingerprint density at radius 3 is 2.44 bits per heavy atom. The van der Waals surface area contributed by atoms with Gasteiger partial charge in [0.2, 0.25) is 0 Å². The van der Waals surface area contributed by atoms with Crippen molar-refractivity contribution in [2.45, 2.75) is 26.2 Å². The highest BCUT2D eigenvalue weighted by atomic mass is 35.5. The van der Waals surface area contributed by atoms with Gasteiger partial charge in [0.25, 0.3) is 5.91 Å². The normalized spacial score (nSPS) is 16.2. The summed E-state index contributed by atoms with van der Waals surface area (Å²) < 4.78 is 23.2. The summed E-state index contributed by atoms with van der Waals surface area (Å²) in [6.45, 7) is 6.87. The fourth-order valence-corrected chi connectivity index (χ4v) is 6.00. The zero-order chi connectivity index (χ0) is 23.1. The molecule has 8 heteroatoms.